The molecular weight excluding hydrogens is 454 g/mol. The number of hydrogen-bond acceptors (Lipinski definition) is 6. The summed E-state index contributed by atoms with van der Waals surface area (Å²) < 4.78 is 13.1. The molecule has 4 atom stereocenters. The van der Waals surface area contributed by atoms with E-state index in [1.807, 2.05) is 72.9 Å². The number of aliphatic hydroxyl groups excluding tert-OH is 1. The van der Waals surface area contributed by atoms with Crippen LogP contribution in [0.1, 0.15) is 48.6 Å². The molecule has 1 amide bonds. The molecule has 36 heavy (non-hydrogen) atoms. The van der Waals surface area contributed by atoms with Gasteiger partial charge < -0.3 is 24.8 Å². The molecule has 4 rings (SSSR count). The van der Waals surface area contributed by atoms with Crippen LogP contribution in [-0.2, 0) is 27.3 Å². The summed E-state index contributed by atoms with van der Waals surface area (Å²) in [7, 11) is 2.10. The summed E-state index contributed by atoms with van der Waals surface area (Å²) >= 11 is 0. The molecule has 2 heterocycles. The van der Waals surface area contributed by atoms with Crippen LogP contribution in [0.3, 0.4) is 0 Å². The number of anilines is 1. The lowest BCUT2D eigenvalue weighted by molar-refractivity contribution is -0.275. The molecule has 1 aromatic heterocycles. The number of rotatable bonds is 9. The highest BCUT2D eigenvalue weighted by atomic mass is 16.7. The molecule has 1 fully saturated rings. The van der Waals surface area contributed by atoms with Gasteiger partial charge in [-0.1, -0.05) is 49.4 Å². The van der Waals surface area contributed by atoms with Crippen LogP contribution < -0.4 is 5.32 Å². The van der Waals surface area contributed by atoms with E-state index in [9.17, 15) is 9.90 Å². The van der Waals surface area contributed by atoms with Crippen LogP contribution in [0.25, 0.3) is 0 Å². The molecule has 0 aliphatic carbocycles. The predicted octanol–water partition coefficient (Wildman–Crippen LogP) is 4.50. The molecule has 0 saturated carbocycles. The first-order valence-electron chi connectivity index (χ1n) is 12.4. The molecule has 1 aliphatic heterocycles. The normalized spacial score (nSPS) is 21.9. The molecule has 1 saturated heterocycles. The van der Waals surface area contributed by atoms with Gasteiger partial charge in [-0.2, -0.15) is 0 Å². The zero-order valence-corrected chi connectivity index (χ0v) is 21.1. The lowest BCUT2D eigenvalue weighted by Gasteiger charge is -2.42. The van der Waals surface area contributed by atoms with Crippen molar-refractivity contribution in [2.45, 2.75) is 45.4 Å². The Bertz CT molecular complexity index is 1120. The van der Waals surface area contributed by atoms with E-state index in [4.69, 9.17) is 9.47 Å². The van der Waals surface area contributed by atoms with E-state index >= 15 is 0 Å². The maximum Gasteiger partial charge on any atom is 0.221 e. The van der Waals surface area contributed by atoms with Crippen LogP contribution in [0.15, 0.2) is 72.9 Å². The van der Waals surface area contributed by atoms with E-state index in [0.29, 0.717) is 5.69 Å². The van der Waals surface area contributed by atoms with Crippen LogP contribution in [-0.4, -0.2) is 47.1 Å². The van der Waals surface area contributed by atoms with Gasteiger partial charge in [0.25, 0.3) is 0 Å². The molecule has 7 nitrogen and oxygen atoms in total. The van der Waals surface area contributed by atoms with Crippen LogP contribution in [0.5, 0.6) is 0 Å². The third-order valence-electron chi connectivity index (χ3n) is 6.57. The fraction of sp³-hybridized carbons (Fsp3) is 0.379. The first kappa shape index (κ1) is 26.0. The van der Waals surface area contributed by atoms with E-state index in [0.717, 1.165) is 41.9 Å². The first-order chi connectivity index (χ1) is 17.4. The van der Waals surface area contributed by atoms with E-state index in [2.05, 4.69) is 29.2 Å². The maximum absolute atomic E-state index is 11.6. The van der Waals surface area contributed by atoms with Gasteiger partial charge in [-0.3, -0.25) is 9.78 Å². The molecule has 2 aromatic carbocycles. The zero-order chi connectivity index (χ0) is 25.5. The topological polar surface area (TPSA) is 83.9 Å². The van der Waals surface area contributed by atoms with Gasteiger partial charge in [-0.15, -0.1) is 0 Å². The Morgan fingerprint density at radius 3 is 2.56 bits per heavy atom. The standard InChI is InChI=1S/C29H35N3O4/c1-20-27(18-32(3)16-14-25-8-4-5-15-30-25)35-29(24-7-6-9-26(17-24)31-21(2)34)36-28(20)23-12-10-22(19-33)11-13-23/h4-13,15,17,20,27-29,33H,14,16,18-19H2,1-3H3,(H,31,34). The second-order valence-electron chi connectivity index (χ2n) is 9.46. The number of nitrogens with zero attached hydrogens (tertiary/aromatic N) is 2. The lowest BCUT2D eigenvalue weighted by Crippen LogP contribution is -2.44. The van der Waals surface area contributed by atoms with Gasteiger partial charge in [0.2, 0.25) is 5.91 Å². The minimum atomic E-state index is -0.577. The number of benzene rings is 2. The molecule has 4 unspecified atom stereocenters. The highest BCUT2D eigenvalue weighted by Gasteiger charge is 2.38. The van der Waals surface area contributed by atoms with Crippen molar-refractivity contribution in [1.82, 2.24) is 9.88 Å². The van der Waals surface area contributed by atoms with E-state index < -0.39 is 6.29 Å². The van der Waals surface area contributed by atoms with Crippen molar-refractivity contribution < 1.29 is 19.4 Å². The minimum Gasteiger partial charge on any atom is -0.392 e. The van der Waals surface area contributed by atoms with Crippen molar-refractivity contribution in [3.63, 3.8) is 0 Å². The molecule has 2 N–H and O–H groups in total. The molecule has 190 valence electrons. The Hall–Kier alpha value is -3.10. The van der Waals surface area contributed by atoms with Crippen molar-refractivity contribution in [3.05, 3.63) is 95.3 Å². The summed E-state index contributed by atoms with van der Waals surface area (Å²) in [6.45, 7) is 5.26. The Morgan fingerprint density at radius 1 is 1.06 bits per heavy atom. The monoisotopic (exact) mass is 489 g/mol. The van der Waals surface area contributed by atoms with Gasteiger partial charge in [0.1, 0.15) is 0 Å². The summed E-state index contributed by atoms with van der Waals surface area (Å²) in [5, 5.41) is 12.3. The minimum absolute atomic E-state index is 0.00667. The summed E-state index contributed by atoms with van der Waals surface area (Å²) in [6, 6.07) is 21.5. The third-order valence-corrected chi connectivity index (χ3v) is 6.57. The fourth-order valence-electron chi connectivity index (χ4n) is 4.54. The lowest BCUT2D eigenvalue weighted by atomic mass is 9.90. The largest absolute Gasteiger partial charge is 0.392 e. The fourth-order valence-corrected chi connectivity index (χ4v) is 4.54. The molecular formula is C29H35N3O4. The van der Waals surface area contributed by atoms with Crippen molar-refractivity contribution in [2.75, 3.05) is 25.5 Å². The number of likely N-dealkylation sites (N-methyl/N-ethyl adjacent to an activating group) is 1. The smallest absolute Gasteiger partial charge is 0.221 e. The van der Waals surface area contributed by atoms with Crippen molar-refractivity contribution in [2.24, 2.45) is 5.92 Å². The average Bonchev–Trinajstić information content (AvgIpc) is 2.89. The molecule has 0 spiro atoms. The van der Waals surface area contributed by atoms with Crippen LogP contribution in [0.2, 0.25) is 0 Å². The predicted molar refractivity (Wildman–Crippen MR) is 139 cm³/mol. The number of pyridine rings is 1. The number of amides is 1. The summed E-state index contributed by atoms with van der Waals surface area (Å²) in [6.07, 6.45) is 1.85. The number of aromatic nitrogens is 1. The van der Waals surface area contributed by atoms with Crippen LogP contribution in [0.4, 0.5) is 5.69 Å². The highest BCUT2D eigenvalue weighted by molar-refractivity contribution is 5.88. The van der Waals surface area contributed by atoms with Crippen molar-refractivity contribution in [3.8, 4) is 0 Å². The van der Waals surface area contributed by atoms with E-state index in [1.165, 1.54) is 6.92 Å². The van der Waals surface area contributed by atoms with E-state index in [-0.39, 0.29) is 30.6 Å². The van der Waals surface area contributed by atoms with Gasteiger partial charge in [-0.05, 0) is 42.4 Å². The summed E-state index contributed by atoms with van der Waals surface area (Å²) in [5.41, 5.74) is 4.54. The second kappa shape index (κ2) is 12.2. The number of aliphatic hydroxyl groups is 1. The van der Waals surface area contributed by atoms with Crippen molar-refractivity contribution >= 4 is 11.6 Å². The zero-order valence-electron chi connectivity index (χ0n) is 21.1. The highest BCUT2D eigenvalue weighted by Crippen LogP contribution is 2.42. The SMILES string of the molecule is CC(=O)Nc1cccc(C2OC(CN(C)CCc3ccccn3)C(C)C(c3ccc(CO)cc3)O2)c1. The van der Waals surface area contributed by atoms with Gasteiger partial charge in [0, 0.05) is 55.5 Å². The summed E-state index contributed by atoms with van der Waals surface area (Å²) in [5.74, 6) is -0.0300. The van der Waals surface area contributed by atoms with Crippen LogP contribution in [0, 0.1) is 5.92 Å². The Kier molecular flexibility index (Phi) is 8.83. The van der Waals surface area contributed by atoms with E-state index in [1.54, 1.807) is 0 Å². The van der Waals surface area contributed by atoms with Gasteiger partial charge >= 0.3 is 0 Å². The maximum atomic E-state index is 11.6. The number of nitrogens with one attached hydrogen (secondary N) is 1. The number of ether oxygens (including phenoxy) is 2. The Labute approximate surface area is 213 Å². The Balaban J connectivity index is 1.54. The molecule has 1 aliphatic rings. The van der Waals surface area contributed by atoms with Gasteiger partial charge in [0.05, 0.1) is 18.8 Å². The van der Waals surface area contributed by atoms with Crippen LogP contribution >= 0.6 is 0 Å². The van der Waals surface area contributed by atoms with Gasteiger partial charge in [-0.25, -0.2) is 0 Å². The molecule has 3 aromatic rings. The van der Waals surface area contributed by atoms with Crippen molar-refractivity contribution in [1.29, 1.82) is 0 Å². The number of carbonyl (C=O) groups excluding carboxylic acids is 1. The van der Waals surface area contributed by atoms with Gasteiger partial charge in [0.15, 0.2) is 6.29 Å². The quantitative estimate of drug-likeness (QED) is 0.461. The Morgan fingerprint density at radius 2 is 1.86 bits per heavy atom. The molecule has 0 bridgehead atoms. The second-order valence-corrected chi connectivity index (χ2v) is 9.46. The molecule has 0 radical (unpaired) electrons. The average molecular weight is 490 g/mol. The first-order valence-corrected chi connectivity index (χ1v) is 12.4. The molecule has 7 heteroatoms. The number of hydrogen-bond donors (Lipinski definition) is 2. The third kappa shape index (κ3) is 6.77. The summed E-state index contributed by atoms with van der Waals surface area (Å²) in [4.78, 5) is 18.3. The number of carbonyl (C=O) groups is 1.